The molecule has 1 aliphatic carbocycles. The summed E-state index contributed by atoms with van der Waals surface area (Å²) in [6, 6.07) is 9.45. The zero-order chi connectivity index (χ0) is 14.7. The van der Waals surface area contributed by atoms with Gasteiger partial charge in [0, 0.05) is 0 Å². The van der Waals surface area contributed by atoms with Gasteiger partial charge in [0.2, 0.25) is 0 Å². The van der Waals surface area contributed by atoms with E-state index in [4.69, 9.17) is 12.2 Å². The summed E-state index contributed by atoms with van der Waals surface area (Å²) in [5, 5.41) is 4.33. The van der Waals surface area contributed by atoms with E-state index in [0.717, 1.165) is 30.9 Å². The van der Waals surface area contributed by atoms with Gasteiger partial charge in [0.25, 0.3) is 0 Å². The van der Waals surface area contributed by atoms with Crippen LogP contribution in [0, 0.1) is 0 Å². The van der Waals surface area contributed by atoms with Gasteiger partial charge in [-0.2, -0.15) is 0 Å². The largest absolute Gasteiger partial charge is 0.315 e. The van der Waals surface area contributed by atoms with Crippen molar-refractivity contribution in [1.82, 2.24) is 5.32 Å². The summed E-state index contributed by atoms with van der Waals surface area (Å²) < 4.78 is 0. The van der Waals surface area contributed by atoms with Crippen LogP contribution in [0.3, 0.4) is 0 Å². The molecule has 3 rings (SSSR count). The molecule has 0 radical (unpaired) electrons. The summed E-state index contributed by atoms with van der Waals surface area (Å²) in [6.07, 6.45) is 7.99. The van der Waals surface area contributed by atoms with Crippen LogP contribution in [0.2, 0.25) is 0 Å². The van der Waals surface area contributed by atoms with E-state index in [1.807, 2.05) is 0 Å². The standard InChI is InChI=1S/C17H25N3S/c1-2-14-8-6-7-11-16(14)20-13-19(12-18-17(20)21)15-9-4-3-5-10-15/h6-8,11,15H,2-5,9-10,12-13H2,1H3,(H,18,21)/p+1. The van der Waals surface area contributed by atoms with Gasteiger partial charge in [-0.25, -0.2) is 0 Å². The summed E-state index contributed by atoms with van der Waals surface area (Å²) in [6.45, 7) is 4.20. The minimum absolute atomic E-state index is 0.797. The van der Waals surface area contributed by atoms with Crippen LogP contribution in [0.25, 0.3) is 0 Å². The Bertz CT molecular complexity index is 497. The van der Waals surface area contributed by atoms with Crippen molar-refractivity contribution in [3.63, 3.8) is 0 Å². The number of rotatable bonds is 3. The maximum absolute atomic E-state index is 5.57. The fraction of sp³-hybridized carbons (Fsp3) is 0.588. The van der Waals surface area contributed by atoms with E-state index in [9.17, 15) is 0 Å². The monoisotopic (exact) mass is 304 g/mol. The third-order valence-electron chi connectivity index (χ3n) is 4.92. The second-order valence-corrected chi connectivity index (χ2v) is 6.61. The van der Waals surface area contributed by atoms with Crippen molar-refractivity contribution in [1.29, 1.82) is 0 Å². The maximum atomic E-state index is 5.57. The van der Waals surface area contributed by atoms with Gasteiger partial charge in [0.1, 0.15) is 0 Å². The number of para-hydroxylation sites is 1. The molecule has 1 aromatic carbocycles. The second kappa shape index (κ2) is 6.75. The molecule has 1 saturated heterocycles. The zero-order valence-electron chi connectivity index (χ0n) is 12.9. The number of benzene rings is 1. The van der Waals surface area contributed by atoms with E-state index < -0.39 is 0 Å². The van der Waals surface area contributed by atoms with Gasteiger partial charge in [-0.05, 0) is 56.0 Å². The van der Waals surface area contributed by atoms with E-state index in [-0.39, 0.29) is 0 Å². The minimum atomic E-state index is 0.797. The highest BCUT2D eigenvalue weighted by molar-refractivity contribution is 7.80. The van der Waals surface area contributed by atoms with E-state index in [1.165, 1.54) is 43.4 Å². The summed E-state index contributed by atoms with van der Waals surface area (Å²) in [5.41, 5.74) is 2.66. The zero-order valence-corrected chi connectivity index (χ0v) is 13.7. The van der Waals surface area contributed by atoms with Crippen LogP contribution in [0.15, 0.2) is 24.3 Å². The smallest absolute Gasteiger partial charge is 0.182 e. The van der Waals surface area contributed by atoms with Crippen LogP contribution in [0.4, 0.5) is 5.69 Å². The van der Waals surface area contributed by atoms with Gasteiger partial charge in [0.05, 0.1) is 11.7 Å². The number of hydrogen-bond acceptors (Lipinski definition) is 1. The molecule has 1 saturated carbocycles. The van der Waals surface area contributed by atoms with E-state index in [2.05, 4.69) is 41.4 Å². The number of quaternary nitrogens is 1. The van der Waals surface area contributed by atoms with Crippen molar-refractivity contribution in [2.75, 3.05) is 18.2 Å². The van der Waals surface area contributed by atoms with Crippen LogP contribution in [-0.4, -0.2) is 24.5 Å². The quantitative estimate of drug-likeness (QED) is 0.834. The highest BCUT2D eigenvalue weighted by Crippen LogP contribution is 2.21. The Morgan fingerprint density at radius 1 is 1.24 bits per heavy atom. The molecule has 4 heteroatoms. The third kappa shape index (κ3) is 3.22. The lowest BCUT2D eigenvalue weighted by Crippen LogP contribution is -3.20. The molecule has 0 spiro atoms. The van der Waals surface area contributed by atoms with Crippen LogP contribution in [0.1, 0.15) is 44.6 Å². The number of aryl methyl sites for hydroxylation is 1. The fourth-order valence-corrected chi connectivity index (χ4v) is 3.90. The summed E-state index contributed by atoms with van der Waals surface area (Å²) in [4.78, 5) is 3.95. The molecule has 0 aromatic heterocycles. The first-order valence-electron chi connectivity index (χ1n) is 8.27. The molecule has 114 valence electrons. The highest BCUT2D eigenvalue weighted by Gasteiger charge is 2.31. The Labute approximate surface area is 133 Å². The molecule has 3 nitrogen and oxygen atoms in total. The molecule has 1 aromatic rings. The van der Waals surface area contributed by atoms with Gasteiger partial charge < -0.3 is 5.32 Å². The van der Waals surface area contributed by atoms with E-state index in [1.54, 1.807) is 4.90 Å². The van der Waals surface area contributed by atoms with Crippen molar-refractivity contribution in [2.45, 2.75) is 51.5 Å². The van der Waals surface area contributed by atoms with Gasteiger partial charge >= 0.3 is 0 Å². The van der Waals surface area contributed by atoms with Crippen molar-refractivity contribution >= 4 is 23.0 Å². The first-order chi connectivity index (χ1) is 10.3. The maximum Gasteiger partial charge on any atom is 0.182 e. The predicted octanol–water partition coefficient (Wildman–Crippen LogP) is 2.08. The molecule has 2 fully saturated rings. The number of anilines is 1. The first-order valence-corrected chi connectivity index (χ1v) is 8.68. The van der Waals surface area contributed by atoms with Crippen molar-refractivity contribution in [2.24, 2.45) is 0 Å². The lowest BCUT2D eigenvalue weighted by atomic mass is 9.94. The number of hydrogen-bond donors (Lipinski definition) is 2. The summed E-state index contributed by atoms with van der Waals surface area (Å²) in [7, 11) is 0. The van der Waals surface area contributed by atoms with Gasteiger partial charge in [0.15, 0.2) is 18.4 Å². The van der Waals surface area contributed by atoms with E-state index in [0.29, 0.717) is 0 Å². The molecular weight excluding hydrogens is 278 g/mol. The normalized spacial score (nSPS) is 24.0. The number of thiocarbonyl (C=S) groups is 1. The van der Waals surface area contributed by atoms with Gasteiger partial charge in [-0.1, -0.05) is 31.5 Å². The van der Waals surface area contributed by atoms with Crippen LogP contribution in [-0.2, 0) is 6.42 Å². The lowest BCUT2D eigenvalue weighted by molar-refractivity contribution is -0.929. The minimum Gasteiger partial charge on any atom is -0.315 e. The van der Waals surface area contributed by atoms with Crippen molar-refractivity contribution < 1.29 is 4.90 Å². The molecule has 0 bridgehead atoms. The number of nitrogens with zero attached hydrogens (tertiary/aromatic N) is 1. The third-order valence-corrected chi connectivity index (χ3v) is 5.28. The molecule has 2 aliphatic rings. The lowest BCUT2D eigenvalue weighted by Gasteiger charge is -2.40. The predicted molar refractivity (Wildman–Crippen MR) is 91.6 cm³/mol. The fourth-order valence-electron chi connectivity index (χ4n) is 3.67. The van der Waals surface area contributed by atoms with Crippen molar-refractivity contribution in [3.05, 3.63) is 29.8 Å². The van der Waals surface area contributed by atoms with Crippen molar-refractivity contribution in [3.8, 4) is 0 Å². The molecule has 1 unspecified atom stereocenters. The van der Waals surface area contributed by atoms with E-state index >= 15 is 0 Å². The van der Waals surface area contributed by atoms with Crippen LogP contribution >= 0.6 is 12.2 Å². The Morgan fingerprint density at radius 2 is 2.00 bits per heavy atom. The molecular formula is C17H26N3S+. The Kier molecular flexibility index (Phi) is 4.76. The average molecular weight is 304 g/mol. The second-order valence-electron chi connectivity index (χ2n) is 6.22. The summed E-state index contributed by atoms with van der Waals surface area (Å²) >= 11 is 5.57. The Hall–Kier alpha value is -1.13. The van der Waals surface area contributed by atoms with Gasteiger partial charge in [-0.3, -0.25) is 9.80 Å². The SMILES string of the molecule is CCc1ccccc1N1C[NH+](C2CCCCC2)CNC1=S. The molecule has 21 heavy (non-hydrogen) atoms. The Balaban J connectivity index is 1.78. The highest BCUT2D eigenvalue weighted by atomic mass is 32.1. The molecule has 0 amide bonds. The number of nitrogens with one attached hydrogen (secondary N) is 2. The topological polar surface area (TPSA) is 19.7 Å². The molecule has 2 N–H and O–H groups in total. The molecule has 1 atom stereocenters. The van der Waals surface area contributed by atoms with Gasteiger partial charge in [-0.15, -0.1) is 0 Å². The van der Waals surface area contributed by atoms with Crippen LogP contribution in [0.5, 0.6) is 0 Å². The summed E-state index contributed by atoms with van der Waals surface area (Å²) in [5.74, 6) is 0. The van der Waals surface area contributed by atoms with Crippen LogP contribution < -0.4 is 15.1 Å². The molecule has 1 aliphatic heterocycles. The first kappa shape index (κ1) is 14.8. The Morgan fingerprint density at radius 3 is 2.76 bits per heavy atom. The average Bonchev–Trinajstić information content (AvgIpc) is 2.56. The molecule has 1 heterocycles.